The van der Waals surface area contributed by atoms with Gasteiger partial charge in [-0.25, -0.2) is 0 Å². The summed E-state index contributed by atoms with van der Waals surface area (Å²) in [5.41, 5.74) is 2.36. The Morgan fingerprint density at radius 3 is 2.10 bits per heavy atom. The molecular formula is C23H36O5S. The fraction of sp³-hybridized carbons (Fsp3) is 0.696. The number of unbranched alkanes of at least 4 members (excludes halogenated alkanes) is 6. The van der Waals surface area contributed by atoms with Crippen LogP contribution in [0.2, 0.25) is 0 Å². The largest absolute Gasteiger partial charge is 0.481 e. The van der Waals surface area contributed by atoms with E-state index in [4.69, 9.17) is 5.11 Å². The number of carbonyl (C=O) groups is 1. The number of fused-ring (bicyclic) bond motifs is 1. The molecule has 0 heterocycles. The Hall–Kier alpha value is -1.40. The van der Waals surface area contributed by atoms with Crippen LogP contribution >= 0.6 is 0 Å². The molecule has 0 aliphatic heterocycles. The normalized spacial score (nSPS) is 19.1. The molecule has 0 spiro atoms. The first-order valence-electron chi connectivity index (χ1n) is 11.2. The number of hydrogen-bond donors (Lipinski definition) is 2. The molecule has 0 bridgehead atoms. The number of hydrogen-bond acceptors (Lipinski definition) is 3. The van der Waals surface area contributed by atoms with Crippen molar-refractivity contribution in [2.24, 2.45) is 0 Å². The predicted molar refractivity (Wildman–Crippen MR) is 115 cm³/mol. The summed E-state index contributed by atoms with van der Waals surface area (Å²) >= 11 is 0. The van der Waals surface area contributed by atoms with Crippen LogP contribution in [0.4, 0.5) is 0 Å². The summed E-state index contributed by atoms with van der Waals surface area (Å²) in [7, 11) is -4.19. The zero-order chi connectivity index (χ0) is 21.3. The summed E-state index contributed by atoms with van der Waals surface area (Å²) < 4.78 is 32.8. The molecule has 0 aromatic heterocycles. The van der Waals surface area contributed by atoms with Gasteiger partial charge < -0.3 is 5.11 Å². The SMILES string of the molecule is CCCCCCC1CCC(CCCCCCC(=O)O)c2ccc(S(=O)(=O)O)cc21. The maximum Gasteiger partial charge on any atom is 0.303 e. The lowest BCUT2D eigenvalue weighted by molar-refractivity contribution is -0.137. The van der Waals surface area contributed by atoms with Crippen LogP contribution in [0.15, 0.2) is 23.1 Å². The first-order valence-corrected chi connectivity index (χ1v) is 12.6. The van der Waals surface area contributed by atoms with Crippen LogP contribution in [0, 0.1) is 0 Å². The zero-order valence-corrected chi connectivity index (χ0v) is 18.4. The number of rotatable bonds is 13. The van der Waals surface area contributed by atoms with Gasteiger partial charge in [0.2, 0.25) is 0 Å². The Morgan fingerprint density at radius 1 is 0.931 bits per heavy atom. The molecule has 0 saturated heterocycles. The highest BCUT2D eigenvalue weighted by atomic mass is 32.2. The molecule has 0 radical (unpaired) electrons. The number of benzene rings is 1. The third-order valence-electron chi connectivity index (χ3n) is 6.20. The van der Waals surface area contributed by atoms with Crippen LogP contribution in [0.3, 0.4) is 0 Å². The van der Waals surface area contributed by atoms with Crippen LogP contribution < -0.4 is 0 Å². The van der Waals surface area contributed by atoms with Crippen molar-refractivity contribution in [3.8, 4) is 0 Å². The first kappa shape index (κ1) is 23.9. The smallest absolute Gasteiger partial charge is 0.303 e. The van der Waals surface area contributed by atoms with Crippen molar-refractivity contribution in [3.63, 3.8) is 0 Å². The van der Waals surface area contributed by atoms with Gasteiger partial charge in [0.1, 0.15) is 0 Å². The molecule has 1 aromatic carbocycles. The maximum atomic E-state index is 11.6. The second kappa shape index (κ2) is 11.7. The van der Waals surface area contributed by atoms with E-state index in [1.54, 1.807) is 6.07 Å². The van der Waals surface area contributed by atoms with Gasteiger partial charge in [-0.3, -0.25) is 9.35 Å². The quantitative estimate of drug-likeness (QED) is 0.287. The second-order valence-corrected chi connectivity index (χ2v) is 9.85. The van der Waals surface area contributed by atoms with Crippen molar-refractivity contribution in [2.45, 2.75) is 107 Å². The van der Waals surface area contributed by atoms with Crippen LogP contribution in [0.5, 0.6) is 0 Å². The van der Waals surface area contributed by atoms with Crippen LogP contribution in [0.25, 0.3) is 0 Å². The molecule has 0 fully saturated rings. The lowest BCUT2D eigenvalue weighted by Gasteiger charge is -2.32. The molecule has 2 rings (SSSR count). The topological polar surface area (TPSA) is 91.7 Å². The molecule has 1 aliphatic rings. The minimum Gasteiger partial charge on any atom is -0.481 e. The molecule has 2 atom stereocenters. The van der Waals surface area contributed by atoms with E-state index in [1.165, 1.54) is 30.9 Å². The molecule has 2 unspecified atom stereocenters. The number of carboxylic acids is 1. The summed E-state index contributed by atoms with van der Waals surface area (Å²) in [5, 5.41) is 8.72. The number of aliphatic carboxylic acids is 1. The van der Waals surface area contributed by atoms with E-state index in [-0.39, 0.29) is 11.3 Å². The van der Waals surface area contributed by atoms with Gasteiger partial charge in [0.05, 0.1) is 4.90 Å². The summed E-state index contributed by atoms with van der Waals surface area (Å²) in [6.07, 6.45) is 13.1. The van der Waals surface area contributed by atoms with E-state index in [1.807, 2.05) is 6.07 Å². The van der Waals surface area contributed by atoms with Crippen molar-refractivity contribution < 1.29 is 22.9 Å². The molecule has 0 saturated carbocycles. The predicted octanol–water partition coefficient (Wildman–Crippen LogP) is 6.29. The average Bonchev–Trinajstić information content (AvgIpc) is 2.67. The zero-order valence-electron chi connectivity index (χ0n) is 17.6. The van der Waals surface area contributed by atoms with Crippen molar-refractivity contribution >= 4 is 16.1 Å². The average molecular weight is 425 g/mol. The first-order chi connectivity index (χ1) is 13.8. The Labute approximate surface area is 175 Å². The van der Waals surface area contributed by atoms with E-state index in [0.717, 1.165) is 63.4 Å². The van der Waals surface area contributed by atoms with Gasteiger partial charge in [-0.1, -0.05) is 57.9 Å². The molecule has 2 N–H and O–H groups in total. The molecule has 0 amide bonds. The number of carboxylic acid groups (broad SMARTS) is 1. The van der Waals surface area contributed by atoms with Crippen molar-refractivity contribution in [2.75, 3.05) is 0 Å². The van der Waals surface area contributed by atoms with Crippen molar-refractivity contribution in [3.05, 3.63) is 29.3 Å². The Balaban J connectivity index is 2.03. The summed E-state index contributed by atoms with van der Waals surface area (Å²) in [6.45, 7) is 2.20. The third kappa shape index (κ3) is 7.74. The molecule has 164 valence electrons. The highest BCUT2D eigenvalue weighted by Crippen LogP contribution is 2.44. The van der Waals surface area contributed by atoms with Gasteiger partial charge >= 0.3 is 5.97 Å². The van der Waals surface area contributed by atoms with E-state index < -0.39 is 16.1 Å². The van der Waals surface area contributed by atoms with Crippen molar-refractivity contribution in [1.29, 1.82) is 0 Å². The van der Waals surface area contributed by atoms with Crippen LogP contribution in [-0.4, -0.2) is 24.0 Å². The van der Waals surface area contributed by atoms with Gasteiger partial charge in [-0.05, 0) is 67.2 Å². The maximum absolute atomic E-state index is 11.6. The Bertz CT molecular complexity index is 757. The Kier molecular flexibility index (Phi) is 9.63. The van der Waals surface area contributed by atoms with Gasteiger partial charge in [-0.15, -0.1) is 0 Å². The molecule has 1 aromatic rings. The van der Waals surface area contributed by atoms with E-state index in [2.05, 4.69) is 6.92 Å². The van der Waals surface area contributed by atoms with Crippen LogP contribution in [0.1, 0.15) is 113 Å². The summed E-state index contributed by atoms with van der Waals surface area (Å²) in [6, 6.07) is 5.15. The fourth-order valence-electron chi connectivity index (χ4n) is 4.59. The van der Waals surface area contributed by atoms with Gasteiger partial charge in [0, 0.05) is 6.42 Å². The highest BCUT2D eigenvalue weighted by molar-refractivity contribution is 7.85. The summed E-state index contributed by atoms with van der Waals surface area (Å²) in [5.74, 6) is 0.0630. The highest BCUT2D eigenvalue weighted by Gasteiger charge is 2.28. The second-order valence-electron chi connectivity index (χ2n) is 8.43. The van der Waals surface area contributed by atoms with Crippen LogP contribution in [-0.2, 0) is 14.9 Å². The molecular weight excluding hydrogens is 388 g/mol. The molecule has 1 aliphatic carbocycles. The third-order valence-corrected chi connectivity index (χ3v) is 7.05. The standard InChI is InChI=1S/C23H36O5S/c1-2-3-4-7-11-19-14-13-18(10-8-5-6-9-12-23(24)25)21-16-15-20(17-22(19)21)29(26,27)28/h15-19H,2-14H2,1H3,(H,24,25)(H,26,27,28). The lowest BCUT2D eigenvalue weighted by Crippen LogP contribution is -2.16. The summed E-state index contributed by atoms with van der Waals surface area (Å²) in [4.78, 5) is 10.6. The Morgan fingerprint density at radius 2 is 1.52 bits per heavy atom. The van der Waals surface area contributed by atoms with E-state index in [9.17, 15) is 17.8 Å². The molecule has 29 heavy (non-hydrogen) atoms. The molecule has 5 nitrogen and oxygen atoms in total. The van der Waals surface area contributed by atoms with Gasteiger partial charge in [-0.2, -0.15) is 8.42 Å². The monoisotopic (exact) mass is 424 g/mol. The van der Waals surface area contributed by atoms with Gasteiger partial charge in [0.25, 0.3) is 10.1 Å². The minimum absolute atomic E-state index is 0.00382. The lowest BCUT2D eigenvalue weighted by atomic mass is 9.73. The molecule has 6 heteroatoms. The minimum atomic E-state index is -4.19. The van der Waals surface area contributed by atoms with Crippen molar-refractivity contribution in [1.82, 2.24) is 0 Å². The van der Waals surface area contributed by atoms with E-state index >= 15 is 0 Å². The fourth-order valence-corrected chi connectivity index (χ4v) is 5.11. The van der Waals surface area contributed by atoms with Gasteiger partial charge in [0.15, 0.2) is 0 Å². The van der Waals surface area contributed by atoms with E-state index in [0.29, 0.717) is 11.8 Å².